The maximum absolute atomic E-state index is 11.0. The molecule has 1 amide bonds. The van der Waals surface area contributed by atoms with Crippen LogP contribution in [0, 0.1) is 0 Å². The van der Waals surface area contributed by atoms with E-state index in [-0.39, 0.29) is 0 Å². The number of rotatable bonds is 7. The van der Waals surface area contributed by atoms with Gasteiger partial charge in [0.1, 0.15) is 23.9 Å². The third kappa shape index (κ3) is 4.03. The molecule has 1 aromatic rings. The van der Waals surface area contributed by atoms with Crippen molar-refractivity contribution in [2.24, 2.45) is 0 Å². The summed E-state index contributed by atoms with van der Waals surface area (Å²) in [6.07, 6.45) is 0.530. The molecule has 0 bridgehead atoms. The lowest BCUT2D eigenvalue weighted by Gasteiger charge is -2.15. The summed E-state index contributed by atoms with van der Waals surface area (Å²) in [6, 6.07) is 3.51. The van der Waals surface area contributed by atoms with E-state index in [1.807, 2.05) is 0 Å². The van der Waals surface area contributed by atoms with Crippen LogP contribution in [0.3, 0.4) is 0 Å². The second kappa shape index (κ2) is 7.48. The van der Waals surface area contributed by atoms with Gasteiger partial charge in [0.2, 0.25) is 5.91 Å². The summed E-state index contributed by atoms with van der Waals surface area (Å²) < 4.78 is 15.7. The predicted molar refractivity (Wildman–Crippen MR) is 69.9 cm³/mol. The summed E-state index contributed by atoms with van der Waals surface area (Å²) in [5, 5.41) is 11.2. The first kappa shape index (κ1) is 15.1. The number of amides is 1. The summed E-state index contributed by atoms with van der Waals surface area (Å²) >= 11 is 0. The van der Waals surface area contributed by atoms with E-state index in [1.165, 1.54) is 0 Å². The average Bonchev–Trinajstić information content (AvgIpc) is 2.46. The van der Waals surface area contributed by atoms with Gasteiger partial charge in [0.25, 0.3) is 0 Å². The first-order chi connectivity index (χ1) is 9.15. The highest BCUT2D eigenvalue weighted by molar-refractivity contribution is 5.76. The number of ether oxygens (including phenoxy) is 3. The van der Waals surface area contributed by atoms with Gasteiger partial charge >= 0.3 is 0 Å². The summed E-state index contributed by atoms with van der Waals surface area (Å²) in [7, 11) is 4.68. The number of aliphatic hydroxyl groups is 1. The molecule has 0 aromatic heterocycles. The van der Waals surface area contributed by atoms with Crippen molar-refractivity contribution in [3.05, 3.63) is 17.7 Å². The third-order valence-corrected chi connectivity index (χ3v) is 2.66. The van der Waals surface area contributed by atoms with Crippen LogP contribution in [0.4, 0.5) is 0 Å². The second-order valence-corrected chi connectivity index (χ2v) is 3.77. The molecule has 0 aliphatic carbocycles. The summed E-state index contributed by atoms with van der Waals surface area (Å²) in [4.78, 5) is 11.0. The first-order valence-electron chi connectivity index (χ1n) is 5.82. The van der Waals surface area contributed by atoms with Crippen molar-refractivity contribution in [3.8, 4) is 17.2 Å². The predicted octanol–water partition coefficient (Wildman–Crippen LogP) is 0.363. The quantitative estimate of drug-likeness (QED) is 0.747. The van der Waals surface area contributed by atoms with E-state index in [4.69, 9.17) is 19.3 Å². The molecule has 0 radical (unpaired) electrons. The van der Waals surface area contributed by atoms with Crippen LogP contribution < -0.4 is 19.5 Å². The summed E-state index contributed by atoms with van der Waals surface area (Å²) in [6.45, 7) is -0.130. The largest absolute Gasteiger partial charge is 0.496 e. The fourth-order valence-corrected chi connectivity index (χ4v) is 1.71. The van der Waals surface area contributed by atoms with Crippen molar-refractivity contribution in [2.45, 2.75) is 6.42 Å². The zero-order valence-corrected chi connectivity index (χ0v) is 11.4. The van der Waals surface area contributed by atoms with E-state index in [2.05, 4.69) is 5.32 Å². The second-order valence-electron chi connectivity index (χ2n) is 3.77. The van der Waals surface area contributed by atoms with Gasteiger partial charge in [-0.2, -0.15) is 0 Å². The Morgan fingerprint density at radius 2 is 1.74 bits per heavy atom. The number of nitrogens with one attached hydrogen (secondary N) is 1. The average molecular weight is 269 g/mol. The minimum absolute atomic E-state index is 0.387. The standard InChI is InChI=1S/C13H19NO5/c1-17-9-6-11(18-2)10(12(7-9)19-3)4-5-14-13(16)8-15/h6-7,15H,4-5,8H2,1-3H3,(H,14,16). The first-order valence-corrected chi connectivity index (χ1v) is 5.82. The highest BCUT2D eigenvalue weighted by atomic mass is 16.5. The van der Waals surface area contributed by atoms with E-state index in [9.17, 15) is 4.79 Å². The molecule has 0 atom stereocenters. The molecule has 1 rings (SSSR count). The fourth-order valence-electron chi connectivity index (χ4n) is 1.71. The van der Waals surface area contributed by atoms with E-state index in [1.54, 1.807) is 33.5 Å². The van der Waals surface area contributed by atoms with Crippen molar-refractivity contribution in [1.29, 1.82) is 0 Å². The van der Waals surface area contributed by atoms with Gasteiger partial charge in [0.05, 0.1) is 21.3 Å². The van der Waals surface area contributed by atoms with Crippen molar-refractivity contribution < 1.29 is 24.1 Å². The molecule has 0 aliphatic heterocycles. The summed E-state index contributed by atoms with van der Waals surface area (Å²) in [5.74, 6) is 1.49. The van der Waals surface area contributed by atoms with Gasteiger partial charge in [-0.1, -0.05) is 0 Å². The van der Waals surface area contributed by atoms with Crippen LogP contribution in [0.1, 0.15) is 5.56 Å². The van der Waals surface area contributed by atoms with Crippen LogP contribution in [0.15, 0.2) is 12.1 Å². The van der Waals surface area contributed by atoms with Crippen LogP contribution in [-0.4, -0.2) is 45.5 Å². The molecule has 19 heavy (non-hydrogen) atoms. The van der Waals surface area contributed by atoms with Gasteiger partial charge in [0, 0.05) is 24.2 Å². The molecule has 0 saturated heterocycles. The summed E-state index contributed by atoms with van der Waals surface area (Å²) in [5.41, 5.74) is 0.837. The number of carbonyl (C=O) groups excluding carboxylic acids is 1. The maximum atomic E-state index is 11.0. The van der Waals surface area contributed by atoms with E-state index >= 15 is 0 Å². The van der Waals surface area contributed by atoms with Crippen LogP contribution in [0.5, 0.6) is 17.2 Å². The molecule has 0 saturated carbocycles. The van der Waals surface area contributed by atoms with Gasteiger partial charge in [-0.05, 0) is 6.42 Å². The zero-order valence-electron chi connectivity index (χ0n) is 11.4. The van der Waals surface area contributed by atoms with Gasteiger partial charge in [-0.15, -0.1) is 0 Å². The molecular weight excluding hydrogens is 250 g/mol. The van der Waals surface area contributed by atoms with E-state index in [0.29, 0.717) is 30.2 Å². The number of hydrogen-bond acceptors (Lipinski definition) is 5. The molecule has 0 spiro atoms. The molecule has 2 N–H and O–H groups in total. The van der Waals surface area contributed by atoms with Gasteiger partial charge in [-0.3, -0.25) is 4.79 Å². The Morgan fingerprint density at radius 1 is 1.16 bits per heavy atom. The fraction of sp³-hybridized carbons (Fsp3) is 0.462. The van der Waals surface area contributed by atoms with Gasteiger partial charge < -0.3 is 24.6 Å². The van der Waals surface area contributed by atoms with Crippen LogP contribution in [-0.2, 0) is 11.2 Å². The molecule has 0 unspecified atom stereocenters. The molecular formula is C13H19NO5. The number of benzene rings is 1. The number of carbonyl (C=O) groups is 1. The zero-order chi connectivity index (χ0) is 14.3. The van der Waals surface area contributed by atoms with Crippen molar-refractivity contribution in [2.75, 3.05) is 34.5 Å². The van der Waals surface area contributed by atoms with Crippen molar-refractivity contribution in [3.63, 3.8) is 0 Å². The number of hydrogen-bond donors (Lipinski definition) is 2. The normalized spacial score (nSPS) is 9.89. The molecule has 0 heterocycles. The van der Waals surface area contributed by atoms with Crippen LogP contribution in [0.25, 0.3) is 0 Å². The van der Waals surface area contributed by atoms with Gasteiger partial charge in [0.15, 0.2) is 0 Å². The minimum Gasteiger partial charge on any atom is -0.496 e. The highest BCUT2D eigenvalue weighted by Gasteiger charge is 2.13. The highest BCUT2D eigenvalue weighted by Crippen LogP contribution is 2.34. The Bertz CT molecular complexity index is 408. The van der Waals surface area contributed by atoms with Crippen molar-refractivity contribution in [1.82, 2.24) is 5.32 Å². The Morgan fingerprint density at radius 3 is 2.16 bits per heavy atom. The molecule has 6 heteroatoms. The smallest absolute Gasteiger partial charge is 0.245 e. The van der Waals surface area contributed by atoms with Crippen molar-refractivity contribution >= 4 is 5.91 Å². The van der Waals surface area contributed by atoms with Crippen LogP contribution in [0.2, 0.25) is 0 Å². The minimum atomic E-state index is -0.517. The lowest BCUT2D eigenvalue weighted by Crippen LogP contribution is -2.28. The Kier molecular flexibility index (Phi) is 5.95. The van der Waals surface area contributed by atoms with E-state index in [0.717, 1.165) is 5.56 Å². The third-order valence-electron chi connectivity index (χ3n) is 2.66. The lowest BCUT2D eigenvalue weighted by atomic mass is 10.1. The Labute approximate surface area is 112 Å². The van der Waals surface area contributed by atoms with E-state index < -0.39 is 12.5 Å². The topological polar surface area (TPSA) is 77.0 Å². The molecule has 0 aliphatic rings. The van der Waals surface area contributed by atoms with Gasteiger partial charge in [-0.25, -0.2) is 0 Å². The molecule has 106 valence electrons. The number of methoxy groups -OCH3 is 3. The lowest BCUT2D eigenvalue weighted by molar-refractivity contribution is -0.123. The Hall–Kier alpha value is -1.95. The maximum Gasteiger partial charge on any atom is 0.245 e. The SMILES string of the molecule is COc1cc(OC)c(CCNC(=O)CO)c(OC)c1. The van der Waals surface area contributed by atoms with Crippen LogP contribution >= 0.6 is 0 Å². The number of aliphatic hydroxyl groups excluding tert-OH is 1. The molecule has 6 nitrogen and oxygen atoms in total. The molecule has 1 aromatic carbocycles. The monoisotopic (exact) mass is 269 g/mol. The molecule has 0 fully saturated rings. The Balaban J connectivity index is 2.88.